The van der Waals surface area contributed by atoms with E-state index in [9.17, 15) is 9.18 Å². The zero-order valence-corrected chi connectivity index (χ0v) is 15.1. The van der Waals surface area contributed by atoms with Crippen LogP contribution in [0.5, 0.6) is 0 Å². The van der Waals surface area contributed by atoms with Crippen LogP contribution in [0.2, 0.25) is 0 Å². The molecule has 1 aliphatic heterocycles. The molecule has 0 aliphatic carbocycles. The number of hydrogen-bond acceptors (Lipinski definition) is 5. The fourth-order valence-corrected chi connectivity index (χ4v) is 2.56. The van der Waals surface area contributed by atoms with Crippen LogP contribution in [0.15, 0.2) is 53.7 Å². The van der Waals surface area contributed by atoms with Crippen molar-refractivity contribution >= 4 is 23.7 Å². The number of carbonyl (C=O) groups excluding carboxylic acids is 1. The second kappa shape index (κ2) is 7.57. The molecule has 7 heteroatoms. The second-order valence-corrected chi connectivity index (χ2v) is 6.77. The van der Waals surface area contributed by atoms with Crippen LogP contribution in [0.1, 0.15) is 25.1 Å². The van der Waals surface area contributed by atoms with E-state index in [2.05, 4.69) is 15.3 Å². The van der Waals surface area contributed by atoms with Gasteiger partial charge in [0.2, 0.25) is 5.91 Å². The largest absolute Gasteiger partial charge is 0.463 e. The lowest BCUT2D eigenvalue weighted by molar-refractivity contribution is -0.120. The number of aromatic nitrogens is 1. The summed E-state index contributed by atoms with van der Waals surface area (Å²) in [6, 6.07) is 10.4. The Balaban J connectivity index is 1.64. The lowest BCUT2D eigenvalue weighted by Gasteiger charge is -2.23. The number of benzene rings is 1. The maximum atomic E-state index is 13.1. The lowest BCUT2D eigenvalue weighted by atomic mass is 9.87. The molecule has 0 saturated carbocycles. The fraction of sp³-hybridized carbons (Fsp3) is 0.250. The first-order valence-corrected chi connectivity index (χ1v) is 8.52. The Kier molecular flexibility index (Phi) is 5.21. The van der Waals surface area contributed by atoms with E-state index >= 15 is 0 Å². The first-order valence-electron chi connectivity index (χ1n) is 8.52. The smallest absolute Gasteiger partial charge is 0.282 e. The van der Waals surface area contributed by atoms with Gasteiger partial charge in [0, 0.05) is 5.69 Å². The van der Waals surface area contributed by atoms with Crippen LogP contribution in [-0.4, -0.2) is 29.6 Å². The van der Waals surface area contributed by atoms with E-state index in [0.717, 1.165) is 11.8 Å². The molecule has 2 heterocycles. The molecule has 6 nitrogen and oxygen atoms in total. The van der Waals surface area contributed by atoms with Gasteiger partial charge in [-0.05, 0) is 43.7 Å². The Morgan fingerprint density at radius 1 is 1.30 bits per heavy atom. The summed E-state index contributed by atoms with van der Waals surface area (Å²) < 4.78 is 18.1. The van der Waals surface area contributed by atoms with Crippen molar-refractivity contribution in [2.45, 2.75) is 25.3 Å². The highest BCUT2D eigenvalue weighted by Crippen LogP contribution is 2.24. The average Bonchev–Trinajstić information content (AvgIpc) is 3.07. The fourth-order valence-electron chi connectivity index (χ4n) is 2.56. The van der Waals surface area contributed by atoms with Crippen LogP contribution in [0.4, 0.5) is 10.1 Å². The topological polar surface area (TPSA) is 89.6 Å². The molecule has 0 saturated heterocycles. The van der Waals surface area contributed by atoms with Gasteiger partial charge in [0.05, 0.1) is 17.3 Å². The Morgan fingerprint density at radius 3 is 2.63 bits per heavy atom. The van der Waals surface area contributed by atoms with E-state index < -0.39 is 11.2 Å². The van der Waals surface area contributed by atoms with Crippen LogP contribution in [0.3, 0.4) is 0 Å². The van der Waals surface area contributed by atoms with Crippen LogP contribution in [0.25, 0.3) is 6.08 Å². The number of nitrogens with zero attached hydrogens (tertiary/aromatic N) is 2. The summed E-state index contributed by atoms with van der Waals surface area (Å²) >= 11 is 0. The first kappa shape index (κ1) is 18.6. The van der Waals surface area contributed by atoms with Gasteiger partial charge in [0.1, 0.15) is 18.5 Å². The van der Waals surface area contributed by atoms with Gasteiger partial charge in [-0.1, -0.05) is 24.3 Å². The monoisotopic (exact) mass is 368 g/mol. The van der Waals surface area contributed by atoms with E-state index in [1.165, 1.54) is 12.1 Å². The van der Waals surface area contributed by atoms with Gasteiger partial charge in [-0.3, -0.25) is 9.78 Å². The van der Waals surface area contributed by atoms with Gasteiger partial charge < -0.3 is 15.8 Å². The summed E-state index contributed by atoms with van der Waals surface area (Å²) in [7, 11) is 0. The second-order valence-electron chi connectivity index (χ2n) is 6.77. The highest BCUT2D eigenvalue weighted by atomic mass is 19.1. The molecule has 1 aliphatic rings. The molecule has 1 aromatic carbocycles. The lowest BCUT2D eigenvalue weighted by Crippen LogP contribution is -2.35. The van der Waals surface area contributed by atoms with E-state index in [0.29, 0.717) is 18.0 Å². The third-order valence-corrected chi connectivity index (χ3v) is 4.31. The van der Waals surface area contributed by atoms with Crippen molar-refractivity contribution in [2.24, 2.45) is 10.7 Å². The maximum absolute atomic E-state index is 13.1. The molecule has 0 spiro atoms. The zero-order chi connectivity index (χ0) is 19.4. The van der Waals surface area contributed by atoms with Crippen LogP contribution in [0, 0.1) is 5.82 Å². The van der Waals surface area contributed by atoms with Crippen LogP contribution >= 0.6 is 0 Å². The molecule has 0 fully saturated rings. The van der Waals surface area contributed by atoms with Gasteiger partial charge in [-0.15, -0.1) is 0 Å². The van der Waals surface area contributed by atoms with E-state index in [4.69, 9.17) is 10.5 Å². The predicted molar refractivity (Wildman–Crippen MR) is 103 cm³/mol. The molecule has 140 valence electrons. The number of amidine groups is 1. The number of amides is 1. The molecule has 1 atom stereocenters. The van der Waals surface area contributed by atoms with Gasteiger partial charge in [0.25, 0.3) is 6.02 Å². The number of hydrogen-bond donors (Lipinski definition) is 2. The number of carbonyl (C=O) groups is 1. The summed E-state index contributed by atoms with van der Waals surface area (Å²) in [5, 5.41) is 2.87. The first-order chi connectivity index (χ1) is 12.8. The molecular formula is C20H21FN4O2. The predicted octanol–water partition coefficient (Wildman–Crippen LogP) is 2.86. The number of aliphatic imine (C=N–C) groups is 1. The van der Waals surface area contributed by atoms with Crippen molar-refractivity contribution in [3.05, 3.63) is 65.7 Å². The van der Waals surface area contributed by atoms with Crippen molar-refractivity contribution in [3.8, 4) is 0 Å². The third kappa shape index (κ3) is 4.49. The SMILES string of the molecule is CC(C)(C(=O)Nc1ccc(/C=C/[C@H]2COC(N)=N2)cc1)c1ccc(F)cn1. The van der Waals surface area contributed by atoms with Gasteiger partial charge in [0.15, 0.2) is 0 Å². The normalized spacial score (nSPS) is 16.9. The zero-order valence-electron chi connectivity index (χ0n) is 15.1. The molecule has 1 aromatic heterocycles. The Labute approximate surface area is 157 Å². The number of halogens is 1. The molecule has 0 unspecified atom stereocenters. The van der Waals surface area contributed by atoms with E-state index in [1.54, 1.807) is 13.8 Å². The summed E-state index contributed by atoms with van der Waals surface area (Å²) in [4.78, 5) is 20.8. The summed E-state index contributed by atoms with van der Waals surface area (Å²) in [5.41, 5.74) is 6.71. The molecule has 0 bridgehead atoms. The van der Waals surface area contributed by atoms with Crippen LogP contribution < -0.4 is 11.1 Å². The van der Waals surface area contributed by atoms with Crippen molar-refractivity contribution in [1.29, 1.82) is 0 Å². The molecule has 27 heavy (non-hydrogen) atoms. The highest BCUT2D eigenvalue weighted by Gasteiger charge is 2.31. The summed E-state index contributed by atoms with van der Waals surface area (Å²) in [6.07, 6.45) is 4.95. The maximum Gasteiger partial charge on any atom is 0.282 e. The Bertz CT molecular complexity index is 874. The molecule has 0 radical (unpaired) electrons. The number of nitrogens with one attached hydrogen (secondary N) is 1. The quantitative estimate of drug-likeness (QED) is 0.849. The minimum atomic E-state index is -0.896. The number of anilines is 1. The minimum Gasteiger partial charge on any atom is -0.463 e. The molecule has 2 aromatic rings. The summed E-state index contributed by atoms with van der Waals surface area (Å²) in [6.45, 7) is 3.94. The third-order valence-electron chi connectivity index (χ3n) is 4.31. The van der Waals surface area contributed by atoms with Crippen molar-refractivity contribution in [3.63, 3.8) is 0 Å². The van der Waals surface area contributed by atoms with Crippen LogP contribution in [-0.2, 0) is 14.9 Å². The molecule has 1 amide bonds. The minimum absolute atomic E-state index is 0.0756. The van der Waals surface area contributed by atoms with E-state index in [-0.39, 0.29) is 18.0 Å². The Morgan fingerprint density at radius 2 is 2.04 bits per heavy atom. The van der Waals surface area contributed by atoms with Gasteiger partial charge >= 0.3 is 0 Å². The number of pyridine rings is 1. The van der Waals surface area contributed by atoms with Crippen molar-refractivity contribution in [1.82, 2.24) is 4.98 Å². The highest BCUT2D eigenvalue weighted by molar-refractivity contribution is 5.98. The van der Waals surface area contributed by atoms with Gasteiger partial charge in [-0.2, -0.15) is 0 Å². The number of nitrogens with two attached hydrogens (primary N) is 1. The van der Waals surface area contributed by atoms with Gasteiger partial charge in [-0.25, -0.2) is 9.38 Å². The summed E-state index contributed by atoms with van der Waals surface area (Å²) in [5.74, 6) is -0.658. The number of rotatable bonds is 5. The molecule has 3 rings (SSSR count). The van der Waals surface area contributed by atoms with Crippen molar-refractivity contribution in [2.75, 3.05) is 11.9 Å². The van der Waals surface area contributed by atoms with E-state index in [1.807, 2.05) is 36.4 Å². The van der Waals surface area contributed by atoms with Crippen molar-refractivity contribution < 1.29 is 13.9 Å². The average molecular weight is 368 g/mol. The standard InChI is InChI=1S/C20H21FN4O2/c1-20(2,17-10-6-14(21)11-23-17)18(26)24-15-7-3-13(4-8-15)5-9-16-12-27-19(22)25-16/h3-11,16H,12H2,1-2H3,(H2,22,25)(H,24,26)/b9-5+/t16-/m0/s1. The number of ether oxygens (including phenoxy) is 1. The molecular weight excluding hydrogens is 347 g/mol. The Hall–Kier alpha value is -3.22. The molecule has 3 N–H and O–H groups in total.